The van der Waals surface area contributed by atoms with Crippen molar-refractivity contribution in [1.82, 2.24) is 14.5 Å². The van der Waals surface area contributed by atoms with Crippen molar-refractivity contribution in [2.75, 3.05) is 19.0 Å². The topological polar surface area (TPSA) is 53.9 Å². The highest BCUT2D eigenvalue weighted by Gasteiger charge is 2.05. The largest absolute Gasteiger partial charge is 0.363 e. The van der Waals surface area contributed by atoms with E-state index in [9.17, 15) is 4.79 Å². The summed E-state index contributed by atoms with van der Waals surface area (Å²) in [4.78, 5) is 20.2. The van der Waals surface area contributed by atoms with Gasteiger partial charge in [-0.25, -0.2) is 9.78 Å². The van der Waals surface area contributed by atoms with E-state index < -0.39 is 0 Å². The van der Waals surface area contributed by atoms with Crippen molar-refractivity contribution < 1.29 is 0 Å². The standard InChI is InChI=1S/C9H12N4O/c1-12(2)7-5-4-6-8(10-7)11-9(14)13(6)3/h4-5H,1-3H3,(H,10,11,14). The van der Waals surface area contributed by atoms with Gasteiger partial charge in [-0.3, -0.25) is 9.55 Å². The van der Waals surface area contributed by atoms with Gasteiger partial charge in [-0.1, -0.05) is 0 Å². The van der Waals surface area contributed by atoms with Gasteiger partial charge in [0, 0.05) is 21.1 Å². The van der Waals surface area contributed by atoms with Gasteiger partial charge in [0.25, 0.3) is 0 Å². The zero-order valence-corrected chi connectivity index (χ0v) is 8.40. The number of nitrogens with one attached hydrogen (secondary N) is 1. The van der Waals surface area contributed by atoms with E-state index in [-0.39, 0.29) is 5.69 Å². The number of nitrogens with zero attached hydrogens (tertiary/aromatic N) is 3. The Kier molecular flexibility index (Phi) is 1.80. The molecule has 0 aromatic carbocycles. The lowest BCUT2D eigenvalue weighted by Gasteiger charge is -2.09. The molecule has 0 amide bonds. The Balaban J connectivity index is 2.73. The first-order valence-corrected chi connectivity index (χ1v) is 4.32. The van der Waals surface area contributed by atoms with E-state index in [0.717, 1.165) is 11.3 Å². The monoisotopic (exact) mass is 192 g/mol. The number of anilines is 1. The third kappa shape index (κ3) is 1.17. The maximum Gasteiger partial charge on any atom is 0.327 e. The Morgan fingerprint density at radius 2 is 2.14 bits per heavy atom. The molecule has 2 aromatic heterocycles. The average Bonchev–Trinajstić information content (AvgIpc) is 2.42. The summed E-state index contributed by atoms with van der Waals surface area (Å²) >= 11 is 0. The van der Waals surface area contributed by atoms with Crippen LogP contribution in [-0.2, 0) is 7.05 Å². The highest BCUT2D eigenvalue weighted by molar-refractivity contribution is 5.73. The summed E-state index contributed by atoms with van der Waals surface area (Å²) in [5.74, 6) is 0.833. The van der Waals surface area contributed by atoms with Gasteiger partial charge in [-0.05, 0) is 12.1 Å². The molecule has 2 rings (SSSR count). The van der Waals surface area contributed by atoms with Gasteiger partial charge in [-0.15, -0.1) is 0 Å². The van der Waals surface area contributed by atoms with E-state index >= 15 is 0 Å². The molecule has 0 radical (unpaired) electrons. The summed E-state index contributed by atoms with van der Waals surface area (Å²) in [6.07, 6.45) is 0. The number of pyridine rings is 1. The molecule has 2 heterocycles. The SMILES string of the molecule is CN(C)c1ccc2c(n1)[nH]c(=O)n2C. The number of aryl methyl sites for hydroxylation is 1. The fourth-order valence-corrected chi connectivity index (χ4v) is 1.35. The summed E-state index contributed by atoms with van der Waals surface area (Å²) in [6, 6.07) is 3.77. The van der Waals surface area contributed by atoms with Crippen LogP contribution in [0.1, 0.15) is 0 Å². The van der Waals surface area contributed by atoms with Crippen LogP contribution >= 0.6 is 0 Å². The highest BCUT2D eigenvalue weighted by Crippen LogP contribution is 2.12. The molecule has 2 aromatic rings. The van der Waals surface area contributed by atoms with E-state index in [1.54, 1.807) is 11.6 Å². The van der Waals surface area contributed by atoms with Crippen LogP contribution in [0.5, 0.6) is 0 Å². The molecule has 0 unspecified atom stereocenters. The molecule has 0 bridgehead atoms. The third-order valence-corrected chi connectivity index (χ3v) is 2.21. The summed E-state index contributed by atoms with van der Waals surface area (Å²) in [6.45, 7) is 0. The first-order chi connectivity index (χ1) is 6.59. The molecule has 14 heavy (non-hydrogen) atoms. The van der Waals surface area contributed by atoms with Gasteiger partial charge in [0.1, 0.15) is 5.82 Å². The Morgan fingerprint density at radius 3 is 2.79 bits per heavy atom. The predicted octanol–water partition coefficient (Wildman–Crippen LogP) is 0.328. The molecule has 74 valence electrons. The Labute approximate surface area is 81.0 Å². The molecular weight excluding hydrogens is 180 g/mol. The minimum atomic E-state index is -0.136. The molecule has 0 saturated carbocycles. The number of fused-ring (bicyclic) bond motifs is 1. The average molecular weight is 192 g/mol. The number of aromatic nitrogens is 3. The maximum absolute atomic E-state index is 11.3. The maximum atomic E-state index is 11.3. The van der Waals surface area contributed by atoms with Crippen molar-refractivity contribution in [3.8, 4) is 0 Å². The second-order valence-corrected chi connectivity index (χ2v) is 3.42. The Hall–Kier alpha value is -1.78. The van der Waals surface area contributed by atoms with Crippen molar-refractivity contribution >= 4 is 17.0 Å². The van der Waals surface area contributed by atoms with E-state index in [4.69, 9.17) is 0 Å². The fourth-order valence-electron chi connectivity index (χ4n) is 1.35. The minimum absolute atomic E-state index is 0.136. The molecular formula is C9H12N4O. The van der Waals surface area contributed by atoms with Crippen molar-refractivity contribution in [1.29, 1.82) is 0 Å². The quantitative estimate of drug-likeness (QED) is 0.708. The second-order valence-electron chi connectivity index (χ2n) is 3.42. The number of H-pyrrole nitrogens is 1. The highest BCUT2D eigenvalue weighted by atomic mass is 16.1. The molecule has 1 N–H and O–H groups in total. The van der Waals surface area contributed by atoms with Crippen LogP contribution in [0.25, 0.3) is 11.2 Å². The lowest BCUT2D eigenvalue weighted by molar-refractivity contribution is 0.891. The molecule has 5 nitrogen and oxygen atoms in total. The zero-order valence-electron chi connectivity index (χ0n) is 8.40. The smallest absolute Gasteiger partial charge is 0.327 e. The number of rotatable bonds is 1. The van der Waals surface area contributed by atoms with Crippen molar-refractivity contribution in [2.24, 2.45) is 7.05 Å². The number of hydrogen-bond donors (Lipinski definition) is 1. The van der Waals surface area contributed by atoms with E-state index in [1.807, 2.05) is 31.1 Å². The van der Waals surface area contributed by atoms with Crippen LogP contribution in [0.3, 0.4) is 0 Å². The zero-order chi connectivity index (χ0) is 10.3. The first kappa shape index (κ1) is 8.80. The van der Waals surface area contributed by atoms with Crippen molar-refractivity contribution in [3.63, 3.8) is 0 Å². The van der Waals surface area contributed by atoms with Crippen LogP contribution in [0, 0.1) is 0 Å². The van der Waals surface area contributed by atoms with Crippen LogP contribution in [0.15, 0.2) is 16.9 Å². The molecule has 0 aliphatic rings. The van der Waals surface area contributed by atoms with Gasteiger partial charge in [0.05, 0.1) is 5.52 Å². The normalized spacial score (nSPS) is 10.8. The van der Waals surface area contributed by atoms with Gasteiger partial charge >= 0.3 is 5.69 Å². The molecule has 0 aliphatic carbocycles. The van der Waals surface area contributed by atoms with Gasteiger partial charge in [-0.2, -0.15) is 0 Å². The lowest BCUT2D eigenvalue weighted by atomic mass is 10.4. The molecule has 0 saturated heterocycles. The van der Waals surface area contributed by atoms with Crippen LogP contribution in [0.4, 0.5) is 5.82 Å². The summed E-state index contributed by atoms with van der Waals surface area (Å²) in [7, 11) is 5.54. The third-order valence-electron chi connectivity index (χ3n) is 2.21. The molecule has 0 aliphatic heterocycles. The number of hydrogen-bond acceptors (Lipinski definition) is 3. The van der Waals surface area contributed by atoms with Gasteiger partial charge < -0.3 is 4.90 Å². The van der Waals surface area contributed by atoms with Gasteiger partial charge in [0.2, 0.25) is 0 Å². The van der Waals surface area contributed by atoms with E-state index in [0.29, 0.717) is 5.65 Å². The minimum Gasteiger partial charge on any atom is -0.363 e. The van der Waals surface area contributed by atoms with Crippen LogP contribution < -0.4 is 10.6 Å². The summed E-state index contributed by atoms with van der Waals surface area (Å²) < 4.78 is 1.54. The molecule has 0 atom stereocenters. The van der Waals surface area contributed by atoms with E-state index in [2.05, 4.69) is 9.97 Å². The van der Waals surface area contributed by atoms with Crippen molar-refractivity contribution in [3.05, 3.63) is 22.6 Å². The number of aromatic amines is 1. The molecule has 0 spiro atoms. The summed E-state index contributed by atoms with van der Waals surface area (Å²) in [5, 5.41) is 0. The fraction of sp³-hybridized carbons (Fsp3) is 0.333. The molecule has 0 fully saturated rings. The second kappa shape index (κ2) is 2.87. The van der Waals surface area contributed by atoms with Crippen LogP contribution in [-0.4, -0.2) is 28.6 Å². The van der Waals surface area contributed by atoms with Gasteiger partial charge in [0.15, 0.2) is 5.65 Å². The predicted molar refractivity (Wildman–Crippen MR) is 55.7 cm³/mol. The Morgan fingerprint density at radius 1 is 1.43 bits per heavy atom. The number of imidazole rings is 1. The van der Waals surface area contributed by atoms with E-state index in [1.165, 1.54) is 0 Å². The van der Waals surface area contributed by atoms with Crippen LogP contribution in [0.2, 0.25) is 0 Å². The molecule has 5 heteroatoms. The Bertz CT molecular complexity index is 523. The lowest BCUT2D eigenvalue weighted by Crippen LogP contribution is -2.11. The summed E-state index contributed by atoms with van der Waals surface area (Å²) in [5.41, 5.74) is 1.31. The van der Waals surface area contributed by atoms with Crippen molar-refractivity contribution in [2.45, 2.75) is 0 Å². The first-order valence-electron chi connectivity index (χ1n) is 4.32.